The Morgan fingerprint density at radius 3 is 2.88 bits per heavy atom. The van der Waals surface area contributed by atoms with Crippen LogP contribution >= 0.6 is 0 Å². The molecule has 0 saturated heterocycles. The van der Waals surface area contributed by atoms with Gasteiger partial charge >= 0.3 is 5.97 Å². The molecule has 0 amide bonds. The summed E-state index contributed by atoms with van der Waals surface area (Å²) < 4.78 is 5.64. The molecule has 82 valence electrons. The van der Waals surface area contributed by atoms with Gasteiger partial charge in [-0.05, 0) is 12.1 Å². The number of carboxylic acid groups (broad SMARTS) is 1. The van der Waals surface area contributed by atoms with Gasteiger partial charge in [-0.3, -0.25) is 0 Å². The highest BCUT2D eigenvalue weighted by Crippen LogP contribution is 2.27. The molecule has 2 aromatic rings. The molecule has 0 spiro atoms. The third-order valence-corrected chi connectivity index (χ3v) is 2.42. The number of hydrogen-bond acceptors (Lipinski definition) is 2. The number of rotatable bonds is 3. The monoisotopic (exact) mass is 216 g/mol. The summed E-state index contributed by atoms with van der Waals surface area (Å²) in [7, 11) is 0. The van der Waals surface area contributed by atoms with Crippen molar-refractivity contribution in [3.8, 4) is 0 Å². The molecule has 0 fully saturated rings. The Hall–Kier alpha value is -2.03. The van der Waals surface area contributed by atoms with Crippen LogP contribution in [0, 0.1) is 0 Å². The fourth-order valence-electron chi connectivity index (χ4n) is 1.72. The summed E-state index contributed by atoms with van der Waals surface area (Å²) in [6, 6.07) is 7.62. The molecule has 0 aliphatic carbocycles. The van der Waals surface area contributed by atoms with Gasteiger partial charge in [0.1, 0.15) is 11.3 Å². The second-order valence-corrected chi connectivity index (χ2v) is 3.46. The van der Waals surface area contributed by atoms with E-state index in [4.69, 9.17) is 9.52 Å². The van der Waals surface area contributed by atoms with Gasteiger partial charge in [-0.15, -0.1) is 0 Å². The van der Waals surface area contributed by atoms with E-state index in [-0.39, 0.29) is 0 Å². The average Bonchev–Trinajstić information content (AvgIpc) is 2.64. The molecule has 1 heterocycles. The third-order valence-electron chi connectivity index (χ3n) is 2.42. The second kappa shape index (κ2) is 4.23. The van der Waals surface area contributed by atoms with E-state index in [1.165, 1.54) is 0 Å². The lowest BCUT2D eigenvalue weighted by Gasteiger charge is -1.92. The van der Waals surface area contributed by atoms with Crippen molar-refractivity contribution in [2.24, 2.45) is 0 Å². The van der Waals surface area contributed by atoms with Gasteiger partial charge < -0.3 is 9.52 Å². The number of carbonyl (C=O) groups is 1. The molecule has 0 aliphatic heterocycles. The fraction of sp³-hybridized carbons (Fsp3) is 0.154. The first-order valence-electron chi connectivity index (χ1n) is 5.13. The number of aliphatic carboxylic acids is 1. The standard InChI is InChI=1S/C13H12O3/c1-2-11-10(7-8-13(14)15)9-5-3-4-6-12(9)16-11/h3-8H,2H2,1H3,(H,14,15). The quantitative estimate of drug-likeness (QED) is 0.802. The van der Waals surface area contributed by atoms with E-state index < -0.39 is 5.97 Å². The zero-order valence-corrected chi connectivity index (χ0v) is 8.93. The lowest BCUT2D eigenvalue weighted by molar-refractivity contribution is -0.131. The zero-order chi connectivity index (χ0) is 11.5. The molecule has 0 bridgehead atoms. The van der Waals surface area contributed by atoms with Crippen LogP contribution in [-0.4, -0.2) is 11.1 Å². The Morgan fingerprint density at radius 2 is 2.19 bits per heavy atom. The Bertz CT molecular complexity index is 549. The number of aryl methyl sites for hydroxylation is 1. The molecule has 3 nitrogen and oxygen atoms in total. The maximum absolute atomic E-state index is 10.5. The van der Waals surface area contributed by atoms with Crippen molar-refractivity contribution in [1.82, 2.24) is 0 Å². The van der Waals surface area contributed by atoms with Gasteiger partial charge in [-0.25, -0.2) is 4.79 Å². The van der Waals surface area contributed by atoms with Crippen molar-refractivity contribution in [1.29, 1.82) is 0 Å². The minimum absolute atomic E-state index is 0.744. The summed E-state index contributed by atoms with van der Waals surface area (Å²) in [5, 5.41) is 9.59. The number of furan rings is 1. The van der Waals surface area contributed by atoms with Crippen LogP contribution < -0.4 is 0 Å². The highest BCUT2D eigenvalue weighted by molar-refractivity contribution is 5.93. The predicted molar refractivity (Wildman–Crippen MR) is 62.3 cm³/mol. The Kier molecular flexibility index (Phi) is 2.77. The average molecular weight is 216 g/mol. The zero-order valence-electron chi connectivity index (χ0n) is 8.93. The van der Waals surface area contributed by atoms with E-state index in [9.17, 15) is 4.79 Å². The maximum Gasteiger partial charge on any atom is 0.328 e. The molecule has 0 saturated carbocycles. The first kappa shape index (κ1) is 10.5. The number of hydrogen-bond donors (Lipinski definition) is 1. The molecule has 0 aliphatic rings. The highest BCUT2D eigenvalue weighted by Gasteiger charge is 2.09. The molecular weight excluding hydrogens is 204 g/mol. The smallest absolute Gasteiger partial charge is 0.328 e. The van der Waals surface area contributed by atoms with Gasteiger partial charge in [0.25, 0.3) is 0 Å². The molecule has 0 radical (unpaired) electrons. The minimum atomic E-state index is -0.952. The van der Waals surface area contributed by atoms with E-state index in [2.05, 4.69) is 0 Å². The maximum atomic E-state index is 10.5. The molecule has 3 heteroatoms. The summed E-state index contributed by atoms with van der Waals surface area (Å²) in [5.74, 6) is -0.133. The summed E-state index contributed by atoms with van der Waals surface area (Å²) in [5.41, 5.74) is 1.66. The summed E-state index contributed by atoms with van der Waals surface area (Å²) in [6.45, 7) is 1.98. The van der Waals surface area contributed by atoms with E-state index in [0.717, 1.165) is 34.8 Å². The first-order chi connectivity index (χ1) is 7.72. The van der Waals surface area contributed by atoms with E-state index >= 15 is 0 Å². The minimum Gasteiger partial charge on any atom is -0.478 e. The SMILES string of the molecule is CCc1oc2ccccc2c1C=CC(=O)O. The molecule has 0 atom stereocenters. The van der Waals surface area contributed by atoms with Crippen LogP contribution in [-0.2, 0) is 11.2 Å². The van der Waals surface area contributed by atoms with Crippen LogP contribution in [0.15, 0.2) is 34.8 Å². The van der Waals surface area contributed by atoms with Crippen molar-refractivity contribution in [3.63, 3.8) is 0 Å². The van der Waals surface area contributed by atoms with Crippen molar-refractivity contribution in [3.05, 3.63) is 41.7 Å². The largest absolute Gasteiger partial charge is 0.478 e. The van der Waals surface area contributed by atoms with E-state index in [1.807, 2.05) is 31.2 Å². The number of benzene rings is 1. The fourth-order valence-corrected chi connectivity index (χ4v) is 1.72. The topological polar surface area (TPSA) is 50.4 Å². The van der Waals surface area contributed by atoms with Crippen LogP contribution in [0.5, 0.6) is 0 Å². The number of fused-ring (bicyclic) bond motifs is 1. The highest BCUT2D eigenvalue weighted by atomic mass is 16.4. The Morgan fingerprint density at radius 1 is 1.44 bits per heavy atom. The van der Waals surface area contributed by atoms with Crippen molar-refractivity contribution < 1.29 is 14.3 Å². The van der Waals surface area contributed by atoms with Crippen LogP contribution in [0.2, 0.25) is 0 Å². The summed E-state index contributed by atoms with van der Waals surface area (Å²) >= 11 is 0. The Balaban J connectivity index is 2.60. The van der Waals surface area contributed by atoms with Gasteiger partial charge in [-0.1, -0.05) is 25.1 Å². The molecule has 0 unspecified atom stereocenters. The van der Waals surface area contributed by atoms with Crippen LogP contribution in [0.25, 0.3) is 17.0 Å². The molecule has 16 heavy (non-hydrogen) atoms. The number of para-hydroxylation sites is 1. The number of carboxylic acids is 1. The normalized spacial score (nSPS) is 11.3. The van der Waals surface area contributed by atoms with Gasteiger partial charge in [0.15, 0.2) is 0 Å². The molecule has 1 aromatic carbocycles. The molecule has 2 rings (SSSR count). The van der Waals surface area contributed by atoms with Crippen LogP contribution in [0.4, 0.5) is 0 Å². The van der Waals surface area contributed by atoms with Gasteiger partial charge in [0.05, 0.1) is 0 Å². The molecule has 1 aromatic heterocycles. The Labute approximate surface area is 93.0 Å². The van der Waals surface area contributed by atoms with Crippen molar-refractivity contribution in [2.75, 3.05) is 0 Å². The van der Waals surface area contributed by atoms with E-state index in [0.29, 0.717) is 0 Å². The predicted octanol–water partition coefficient (Wildman–Crippen LogP) is 3.09. The molecule has 1 N–H and O–H groups in total. The first-order valence-corrected chi connectivity index (χ1v) is 5.13. The lowest BCUT2D eigenvalue weighted by atomic mass is 10.1. The van der Waals surface area contributed by atoms with Gasteiger partial charge in [0.2, 0.25) is 0 Å². The van der Waals surface area contributed by atoms with E-state index in [1.54, 1.807) is 6.08 Å². The van der Waals surface area contributed by atoms with Crippen molar-refractivity contribution >= 4 is 23.0 Å². The van der Waals surface area contributed by atoms with Gasteiger partial charge in [0, 0.05) is 23.4 Å². The summed E-state index contributed by atoms with van der Waals surface area (Å²) in [4.78, 5) is 10.5. The molecular formula is C13H12O3. The van der Waals surface area contributed by atoms with Crippen LogP contribution in [0.1, 0.15) is 18.2 Å². The second-order valence-electron chi connectivity index (χ2n) is 3.46. The van der Waals surface area contributed by atoms with Crippen molar-refractivity contribution in [2.45, 2.75) is 13.3 Å². The lowest BCUT2D eigenvalue weighted by Crippen LogP contribution is -1.86. The third kappa shape index (κ3) is 1.84. The summed E-state index contributed by atoms with van der Waals surface area (Å²) in [6.07, 6.45) is 3.47. The van der Waals surface area contributed by atoms with Gasteiger partial charge in [-0.2, -0.15) is 0 Å². The van der Waals surface area contributed by atoms with Crippen LogP contribution in [0.3, 0.4) is 0 Å².